The molecule has 1 aliphatic rings. The Labute approximate surface area is 103 Å². The number of aliphatic hydroxyl groups is 1. The van der Waals surface area contributed by atoms with Gasteiger partial charge < -0.3 is 10.8 Å². The van der Waals surface area contributed by atoms with Crippen molar-refractivity contribution in [1.29, 1.82) is 0 Å². The maximum absolute atomic E-state index is 10.9. The quantitative estimate of drug-likeness (QED) is 0.785. The standard InChI is InChI=1S/C14H22N2O/c1-10-7-11(12(15)16-8-10)14(17)6-4-5-13(2,3)9-14/h7-8,17H,4-6,9H2,1-3H3,(H2,15,16). The number of pyridine rings is 1. The van der Waals surface area contributed by atoms with Gasteiger partial charge in [0.05, 0.1) is 5.60 Å². The summed E-state index contributed by atoms with van der Waals surface area (Å²) in [4.78, 5) is 4.16. The predicted molar refractivity (Wildman–Crippen MR) is 69.5 cm³/mol. The first-order valence-corrected chi connectivity index (χ1v) is 6.27. The number of hydrogen-bond acceptors (Lipinski definition) is 3. The summed E-state index contributed by atoms with van der Waals surface area (Å²) in [6, 6.07) is 1.98. The fraction of sp³-hybridized carbons (Fsp3) is 0.643. The number of rotatable bonds is 1. The minimum atomic E-state index is -0.801. The summed E-state index contributed by atoms with van der Waals surface area (Å²) >= 11 is 0. The van der Waals surface area contributed by atoms with Gasteiger partial charge in [0.15, 0.2) is 0 Å². The Hall–Kier alpha value is -1.09. The van der Waals surface area contributed by atoms with E-state index in [0.717, 1.165) is 36.8 Å². The van der Waals surface area contributed by atoms with Crippen LogP contribution in [0.5, 0.6) is 0 Å². The summed E-state index contributed by atoms with van der Waals surface area (Å²) in [5, 5.41) is 10.9. The normalized spacial score (nSPS) is 28.0. The molecule has 1 fully saturated rings. The number of aryl methyl sites for hydroxylation is 1. The topological polar surface area (TPSA) is 59.1 Å². The lowest BCUT2D eigenvalue weighted by Gasteiger charge is -2.42. The molecule has 0 radical (unpaired) electrons. The molecule has 0 spiro atoms. The van der Waals surface area contributed by atoms with Crippen molar-refractivity contribution in [1.82, 2.24) is 4.98 Å². The molecule has 17 heavy (non-hydrogen) atoms. The first-order chi connectivity index (χ1) is 7.82. The molecule has 2 rings (SSSR count). The molecule has 0 aliphatic heterocycles. The van der Waals surface area contributed by atoms with Crippen LogP contribution in [0.15, 0.2) is 12.3 Å². The molecule has 94 valence electrons. The number of nitrogens with two attached hydrogens (primary N) is 1. The molecule has 3 heteroatoms. The van der Waals surface area contributed by atoms with E-state index in [1.165, 1.54) is 0 Å². The van der Waals surface area contributed by atoms with E-state index in [2.05, 4.69) is 18.8 Å². The van der Waals surface area contributed by atoms with Crippen molar-refractivity contribution in [2.45, 2.75) is 52.1 Å². The summed E-state index contributed by atoms with van der Waals surface area (Å²) < 4.78 is 0. The van der Waals surface area contributed by atoms with Gasteiger partial charge in [0.1, 0.15) is 5.82 Å². The lowest BCUT2D eigenvalue weighted by atomic mass is 9.67. The number of hydrogen-bond donors (Lipinski definition) is 2. The summed E-state index contributed by atoms with van der Waals surface area (Å²) in [6.07, 6.45) is 5.49. The third-order valence-electron chi connectivity index (χ3n) is 3.77. The molecule has 0 saturated heterocycles. The van der Waals surface area contributed by atoms with Crippen LogP contribution in [0.3, 0.4) is 0 Å². The van der Waals surface area contributed by atoms with Crippen LogP contribution in [-0.2, 0) is 5.60 Å². The van der Waals surface area contributed by atoms with Gasteiger partial charge in [-0.15, -0.1) is 0 Å². The first kappa shape index (κ1) is 12.4. The maximum atomic E-state index is 10.9. The van der Waals surface area contributed by atoms with Gasteiger partial charge in [-0.2, -0.15) is 0 Å². The van der Waals surface area contributed by atoms with Crippen LogP contribution >= 0.6 is 0 Å². The van der Waals surface area contributed by atoms with Crippen molar-refractivity contribution >= 4 is 5.82 Å². The molecule has 1 aromatic heterocycles. The van der Waals surface area contributed by atoms with E-state index in [4.69, 9.17) is 5.73 Å². The Balaban J connectivity index is 2.40. The number of nitrogens with zero attached hydrogens (tertiary/aromatic N) is 1. The molecular weight excluding hydrogens is 212 g/mol. The van der Waals surface area contributed by atoms with E-state index in [-0.39, 0.29) is 5.41 Å². The fourth-order valence-corrected chi connectivity index (χ4v) is 3.01. The molecule has 1 saturated carbocycles. The molecule has 0 amide bonds. The molecule has 1 aromatic rings. The lowest BCUT2D eigenvalue weighted by molar-refractivity contribution is -0.0436. The van der Waals surface area contributed by atoms with E-state index < -0.39 is 5.60 Å². The number of nitrogen functional groups attached to an aromatic ring is 1. The summed E-state index contributed by atoms with van der Waals surface area (Å²) in [5.74, 6) is 0.468. The molecule has 3 nitrogen and oxygen atoms in total. The Kier molecular flexibility index (Phi) is 2.90. The first-order valence-electron chi connectivity index (χ1n) is 6.27. The zero-order valence-corrected chi connectivity index (χ0v) is 11.0. The number of anilines is 1. The van der Waals surface area contributed by atoms with E-state index in [0.29, 0.717) is 5.82 Å². The third kappa shape index (κ3) is 2.44. The van der Waals surface area contributed by atoms with Gasteiger partial charge in [0, 0.05) is 11.8 Å². The van der Waals surface area contributed by atoms with E-state index in [1.54, 1.807) is 6.20 Å². The van der Waals surface area contributed by atoms with Gasteiger partial charge in [0.25, 0.3) is 0 Å². The highest BCUT2D eigenvalue weighted by Crippen LogP contribution is 2.47. The summed E-state index contributed by atoms with van der Waals surface area (Å²) in [7, 11) is 0. The fourth-order valence-electron chi connectivity index (χ4n) is 3.01. The van der Waals surface area contributed by atoms with Gasteiger partial charge in [-0.1, -0.05) is 13.8 Å². The van der Waals surface area contributed by atoms with Crippen molar-refractivity contribution in [2.75, 3.05) is 5.73 Å². The van der Waals surface area contributed by atoms with Crippen LogP contribution in [0.25, 0.3) is 0 Å². The van der Waals surface area contributed by atoms with Gasteiger partial charge in [-0.25, -0.2) is 4.98 Å². The lowest BCUT2D eigenvalue weighted by Crippen LogP contribution is -2.37. The summed E-state index contributed by atoms with van der Waals surface area (Å²) in [6.45, 7) is 6.39. The minimum absolute atomic E-state index is 0.170. The highest BCUT2D eigenvalue weighted by Gasteiger charge is 2.41. The Morgan fingerprint density at radius 2 is 2.06 bits per heavy atom. The second-order valence-electron chi connectivity index (χ2n) is 6.17. The van der Waals surface area contributed by atoms with Crippen molar-refractivity contribution < 1.29 is 5.11 Å². The maximum Gasteiger partial charge on any atom is 0.129 e. The highest BCUT2D eigenvalue weighted by atomic mass is 16.3. The molecule has 1 aliphatic carbocycles. The predicted octanol–water partition coefficient (Wildman–Crippen LogP) is 2.76. The molecule has 0 aromatic carbocycles. The second-order valence-corrected chi connectivity index (χ2v) is 6.17. The average Bonchev–Trinajstić information content (AvgIpc) is 2.19. The van der Waals surface area contributed by atoms with E-state index in [1.807, 2.05) is 13.0 Å². The second kappa shape index (κ2) is 3.98. The Bertz CT molecular complexity index is 428. The molecule has 1 unspecified atom stereocenters. The van der Waals surface area contributed by atoms with E-state index in [9.17, 15) is 5.11 Å². The van der Waals surface area contributed by atoms with Crippen molar-refractivity contribution in [3.05, 3.63) is 23.4 Å². The zero-order valence-electron chi connectivity index (χ0n) is 11.0. The van der Waals surface area contributed by atoms with Crippen molar-refractivity contribution in [3.63, 3.8) is 0 Å². The molecule has 1 atom stereocenters. The molecule has 3 N–H and O–H groups in total. The minimum Gasteiger partial charge on any atom is -0.385 e. The van der Waals surface area contributed by atoms with Gasteiger partial charge >= 0.3 is 0 Å². The average molecular weight is 234 g/mol. The summed E-state index contributed by atoms with van der Waals surface area (Å²) in [5.41, 5.74) is 7.15. The molecular formula is C14H22N2O. The van der Waals surface area contributed by atoms with Crippen LogP contribution in [0.1, 0.15) is 50.7 Å². The smallest absolute Gasteiger partial charge is 0.129 e. The van der Waals surface area contributed by atoms with Crippen molar-refractivity contribution in [3.8, 4) is 0 Å². The Morgan fingerprint density at radius 1 is 1.35 bits per heavy atom. The zero-order chi connectivity index (χ0) is 12.7. The van der Waals surface area contributed by atoms with E-state index >= 15 is 0 Å². The van der Waals surface area contributed by atoms with Gasteiger partial charge in [-0.05, 0) is 49.7 Å². The van der Waals surface area contributed by atoms with Gasteiger partial charge in [-0.3, -0.25) is 0 Å². The van der Waals surface area contributed by atoms with Crippen LogP contribution in [0, 0.1) is 12.3 Å². The largest absolute Gasteiger partial charge is 0.385 e. The highest BCUT2D eigenvalue weighted by molar-refractivity contribution is 5.45. The third-order valence-corrected chi connectivity index (χ3v) is 3.77. The van der Waals surface area contributed by atoms with Crippen LogP contribution < -0.4 is 5.73 Å². The van der Waals surface area contributed by atoms with Crippen LogP contribution in [0.4, 0.5) is 5.82 Å². The monoisotopic (exact) mass is 234 g/mol. The van der Waals surface area contributed by atoms with Crippen molar-refractivity contribution in [2.24, 2.45) is 5.41 Å². The van der Waals surface area contributed by atoms with Crippen LogP contribution in [0.2, 0.25) is 0 Å². The SMILES string of the molecule is Cc1cnc(N)c(C2(O)CCCC(C)(C)C2)c1. The molecule has 0 bridgehead atoms. The Morgan fingerprint density at radius 3 is 2.71 bits per heavy atom. The molecule has 1 heterocycles. The van der Waals surface area contributed by atoms with Gasteiger partial charge in [0.2, 0.25) is 0 Å². The van der Waals surface area contributed by atoms with Crippen LogP contribution in [-0.4, -0.2) is 10.1 Å². The number of aromatic nitrogens is 1.